The molecule has 15 heteroatoms. The van der Waals surface area contributed by atoms with Gasteiger partial charge in [0.15, 0.2) is 0 Å². The van der Waals surface area contributed by atoms with E-state index in [1.54, 1.807) is 0 Å². The first-order valence-electron chi connectivity index (χ1n) is 3.60. The second kappa shape index (κ2) is 20.1. The van der Waals surface area contributed by atoms with Crippen molar-refractivity contribution in [1.82, 2.24) is 0 Å². The predicted octanol–water partition coefficient (Wildman–Crippen LogP) is 2.71. The summed E-state index contributed by atoms with van der Waals surface area (Å²) in [4.78, 5) is 32.8. The maximum absolute atomic E-state index is 8.19. The van der Waals surface area contributed by atoms with Crippen LogP contribution in [-0.2, 0) is 0 Å². The first-order valence-corrected chi connectivity index (χ1v) is 28.2. The van der Waals surface area contributed by atoms with Crippen molar-refractivity contribution in [2.24, 2.45) is 0 Å². The van der Waals surface area contributed by atoms with Gasteiger partial charge in [-0.25, -0.2) is 19.6 Å². The standard InChI is InChI=1S/2C2H8O2P.6ClH.H2O.2Sb/c2*1-5(2,3)4;;;;;;;;;/h2*3-4H,1-2H3;6*1H;1H2;;/q2*+1;;;;;;;;2*+3/p-6. The van der Waals surface area contributed by atoms with Crippen LogP contribution in [0.15, 0.2) is 0 Å². The second-order valence-electron chi connectivity index (χ2n) is 3.06. The van der Waals surface area contributed by atoms with E-state index in [1.165, 1.54) is 26.7 Å². The van der Waals surface area contributed by atoms with Gasteiger partial charge in [0.25, 0.3) is 15.4 Å². The third kappa shape index (κ3) is 543. The minimum absolute atomic E-state index is 0. The number of hydrogen-bond acceptors (Lipinski definition) is 4. The van der Waals surface area contributed by atoms with Crippen LogP contribution >= 0.6 is 68.4 Å². The average molecular weight is 664 g/mol. The molecule has 0 spiro atoms. The molecule has 124 valence electrons. The van der Waals surface area contributed by atoms with Gasteiger partial charge < -0.3 is 5.48 Å². The molecule has 0 rings (SSSR count). The van der Waals surface area contributed by atoms with Gasteiger partial charge in [-0.05, 0) is 0 Å². The molecule has 0 amide bonds. The molecule has 0 aromatic rings. The Morgan fingerprint density at radius 2 is 0.579 bits per heavy atom. The molecule has 0 radical (unpaired) electrons. The fraction of sp³-hybridized carbons (Fsp3) is 1.00. The quantitative estimate of drug-likeness (QED) is 0.236. The molecule has 5 nitrogen and oxygen atoms in total. The first kappa shape index (κ1) is 34.4. The summed E-state index contributed by atoms with van der Waals surface area (Å²) in [6, 6.07) is 0. The maximum atomic E-state index is 8.19. The van der Waals surface area contributed by atoms with Crippen molar-refractivity contribution in [3.63, 3.8) is 0 Å². The van der Waals surface area contributed by atoms with E-state index in [9.17, 15) is 0 Å². The van der Waals surface area contributed by atoms with Crippen molar-refractivity contribution >= 4 is 102 Å². The van der Waals surface area contributed by atoms with Crippen molar-refractivity contribution in [1.29, 1.82) is 0 Å². The summed E-state index contributed by atoms with van der Waals surface area (Å²) in [6.45, 7) is 5.64. The van der Waals surface area contributed by atoms with Crippen molar-refractivity contribution < 1.29 is 25.0 Å². The molecule has 0 aliphatic heterocycles. The summed E-state index contributed by atoms with van der Waals surface area (Å²) in [7, 11) is 25.2. The zero-order chi connectivity index (χ0) is 16.2. The van der Waals surface area contributed by atoms with Crippen molar-refractivity contribution in [2.45, 2.75) is 0 Å². The molecule has 6 N–H and O–H groups in total. The van der Waals surface area contributed by atoms with E-state index in [1.807, 2.05) is 0 Å². The van der Waals surface area contributed by atoms with E-state index in [4.69, 9.17) is 72.5 Å². The van der Waals surface area contributed by atoms with Crippen LogP contribution in [0.1, 0.15) is 0 Å². The van der Waals surface area contributed by atoms with Gasteiger partial charge in [0.2, 0.25) is 0 Å². The molecule has 0 aromatic carbocycles. The average Bonchev–Trinajstić information content (AvgIpc) is 1.70. The Kier molecular flexibility index (Phi) is 36.3. The van der Waals surface area contributed by atoms with Crippen LogP contribution in [0.2, 0.25) is 0 Å². The fourth-order valence-electron chi connectivity index (χ4n) is 0. The van der Waals surface area contributed by atoms with Crippen LogP contribution in [0.25, 0.3) is 0 Å². The zero-order valence-corrected chi connectivity index (χ0v) is 21.8. The van der Waals surface area contributed by atoms with Crippen LogP contribution in [0.5, 0.6) is 0 Å². The van der Waals surface area contributed by atoms with E-state index in [0.717, 1.165) is 0 Å². The van der Waals surface area contributed by atoms with Gasteiger partial charge in [-0.2, -0.15) is 0 Å². The molecule has 0 saturated carbocycles. The van der Waals surface area contributed by atoms with E-state index >= 15 is 0 Å². The van der Waals surface area contributed by atoms with E-state index in [2.05, 4.69) is 0 Å². The van der Waals surface area contributed by atoms with Crippen molar-refractivity contribution in [3.05, 3.63) is 0 Å². The van der Waals surface area contributed by atoms with Crippen LogP contribution < -0.4 is 0 Å². The van der Waals surface area contributed by atoms with Crippen molar-refractivity contribution in [3.8, 4) is 0 Å². The van der Waals surface area contributed by atoms with Crippen LogP contribution in [0.4, 0.5) is 0 Å². The zero-order valence-electron chi connectivity index (χ0n) is 10.3. The predicted molar refractivity (Wildman–Crippen MR) is 96.7 cm³/mol. The van der Waals surface area contributed by atoms with Gasteiger partial charge in [0.1, 0.15) is 26.7 Å². The number of halogens is 6. The Bertz CT molecular complexity index is 133. The molecule has 19 heavy (non-hydrogen) atoms. The van der Waals surface area contributed by atoms with Gasteiger partial charge in [-0.15, -0.1) is 0 Å². The first-order chi connectivity index (χ1) is 7.46. The molecular weight excluding hydrogens is 646 g/mol. The Balaban J connectivity index is -0.0000000453. The third-order valence-corrected chi connectivity index (χ3v) is 0. The second-order valence-corrected chi connectivity index (χ2v) is 31.2. The Morgan fingerprint density at radius 3 is 0.579 bits per heavy atom. The molecule has 0 atom stereocenters. The number of rotatable bonds is 0. The summed E-state index contributed by atoms with van der Waals surface area (Å²) >= 11 is -4.07. The van der Waals surface area contributed by atoms with Crippen LogP contribution in [-0.4, -0.2) is 85.3 Å². The Labute approximate surface area is 151 Å². The monoisotopic (exact) mass is 660 g/mol. The van der Waals surface area contributed by atoms with Gasteiger partial charge in [0.05, 0.1) is 0 Å². The molecule has 0 unspecified atom stereocenters. The van der Waals surface area contributed by atoms with Gasteiger partial charge in [-0.3, -0.25) is 0 Å². The molecule has 0 saturated heterocycles. The van der Waals surface area contributed by atoms with E-state index in [-0.39, 0.29) is 5.48 Å². The Morgan fingerprint density at radius 1 is 0.579 bits per heavy atom. The van der Waals surface area contributed by atoms with Crippen molar-refractivity contribution in [2.75, 3.05) is 26.7 Å². The summed E-state index contributed by atoms with van der Waals surface area (Å²) < 4.78 is 0. The molecular formula is C4H18Cl6O5P2Sb2+2. The topological polar surface area (TPSA) is 112 Å². The molecule has 0 aliphatic carbocycles. The Hall–Kier alpha value is 4.04. The van der Waals surface area contributed by atoms with Crippen LogP contribution in [0, 0.1) is 0 Å². The minimum atomic E-state index is -2.39. The summed E-state index contributed by atoms with van der Waals surface area (Å²) in [5.74, 6) is 0. The van der Waals surface area contributed by atoms with Gasteiger partial charge in [0, 0.05) is 0 Å². The number of hydrogen-bond donors (Lipinski definition) is 4. The SMILES string of the molecule is C[P+](C)(O)O.C[P+](C)(O)O.O.[Cl][Sb]([Cl])[Cl].[Cl][Sb]([Cl])[Cl]. The summed E-state index contributed by atoms with van der Waals surface area (Å²) in [5, 5.41) is 0. The summed E-state index contributed by atoms with van der Waals surface area (Å²) in [6.07, 6.45) is 0. The molecule has 0 bridgehead atoms. The normalized spacial score (nSPS) is 10.1. The van der Waals surface area contributed by atoms with Gasteiger partial charge >= 0.3 is 86.5 Å². The molecule has 0 heterocycles. The van der Waals surface area contributed by atoms with E-state index < -0.39 is 49.0 Å². The fourth-order valence-corrected chi connectivity index (χ4v) is 0. The summed E-state index contributed by atoms with van der Waals surface area (Å²) in [5.41, 5.74) is 0. The van der Waals surface area contributed by atoms with Crippen LogP contribution in [0.3, 0.4) is 0 Å². The van der Waals surface area contributed by atoms with Gasteiger partial charge in [-0.1, -0.05) is 0 Å². The molecule has 0 aliphatic rings. The molecule has 0 aromatic heterocycles. The van der Waals surface area contributed by atoms with E-state index in [0.29, 0.717) is 0 Å². The third-order valence-electron chi connectivity index (χ3n) is 0. The molecule has 0 fully saturated rings.